The van der Waals surface area contributed by atoms with E-state index < -0.39 is 0 Å². The molecule has 0 aliphatic carbocycles. The zero-order valence-electron chi connectivity index (χ0n) is 11.2. The maximum atomic E-state index is 10.6. The quantitative estimate of drug-likeness (QED) is 0.477. The minimum atomic E-state index is -0.366. The van der Waals surface area contributed by atoms with Gasteiger partial charge in [-0.05, 0) is 39.2 Å². The highest BCUT2D eigenvalue weighted by Crippen LogP contribution is 2.12. The fourth-order valence-corrected chi connectivity index (χ4v) is 1.53. The summed E-state index contributed by atoms with van der Waals surface area (Å²) in [6.07, 6.45) is 1.07. The summed E-state index contributed by atoms with van der Waals surface area (Å²) in [4.78, 5) is 12.4. The Hall–Kier alpha value is -0.880. The fourth-order valence-electron chi connectivity index (χ4n) is 1.53. The second kappa shape index (κ2) is 11.0. The lowest BCUT2D eigenvalue weighted by molar-refractivity contribution is -0.384. The predicted molar refractivity (Wildman–Crippen MR) is 82.5 cm³/mol. The van der Waals surface area contributed by atoms with Gasteiger partial charge in [0, 0.05) is 18.7 Å². The summed E-state index contributed by atoms with van der Waals surface area (Å²) in [5, 5.41) is 13.9. The fraction of sp³-hybridized carbons (Fsp3) is 0.500. The van der Waals surface area contributed by atoms with Gasteiger partial charge in [0.15, 0.2) is 0 Å². The molecule has 7 heteroatoms. The maximum Gasteiger partial charge on any atom is 0.269 e. The van der Waals surface area contributed by atoms with Crippen molar-refractivity contribution in [2.75, 3.05) is 27.2 Å². The number of rotatable bonds is 7. The summed E-state index contributed by atoms with van der Waals surface area (Å²) < 4.78 is 0. The molecule has 0 fully saturated rings. The molecule has 1 aromatic rings. The monoisotopic (exact) mass is 309 g/mol. The Balaban J connectivity index is 0. The normalized spacial score (nSPS) is 9.63. The SMILES string of the molecule is CN(C)CCCNCc1cccc([N+](=O)[O-])c1.Cl.Cl. The molecule has 0 heterocycles. The molecule has 0 radical (unpaired) electrons. The summed E-state index contributed by atoms with van der Waals surface area (Å²) in [6, 6.07) is 6.73. The van der Waals surface area contributed by atoms with E-state index in [2.05, 4.69) is 10.2 Å². The van der Waals surface area contributed by atoms with Gasteiger partial charge in [-0.1, -0.05) is 12.1 Å². The first-order chi connectivity index (χ1) is 8.09. The molecular formula is C12H21Cl2N3O2. The van der Waals surface area contributed by atoms with E-state index in [0.29, 0.717) is 6.54 Å². The Morgan fingerprint density at radius 3 is 2.58 bits per heavy atom. The number of nitrogens with zero attached hydrogens (tertiary/aromatic N) is 2. The van der Waals surface area contributed by atoms with Crippen LogP contribution in [0.5, 0.6) is 0 Å². The molecule has 0 aromatic heterocycles. The van der Waals surface area contributed by atoms with Crippen LogP contribution in [0.3, 0.4) is 0 Å². The first-order valence-corrected chi connectivity index (χ1v) is 5.68. The van der Waals surface area contributed by atoms with Crippen LogP contribution < -0.4 is 5.32 Å². The molecule has 110 valence electrons. The molecule has 0 saturated heterocycles. The van der Waals surface area contributed by atoms with E-state index in [-0.39, 0.29) is 35.4 Å². The van der Waals surface area contributed by atoms with Crippen LogP contribution in [0.4, 0.5) is 5.69 Å². The largest absolute Gasteiger partial charge is 0.313 e. The summed E-state index contributed by atoms with van der Waals surface area (Å²) in [5.74, 6) is 0. The molecule has 0 atom stereocenters. The Morgan fingerprint density at radius 2 is 2.00 bits per heavy atom. The third kappa shape index (κ3) is 8.77. The van der Waals surface area contributed by atoms with Gasteiger partial charge in [-0.25, -0.2) is 0 Å². The van der Waals surface area contributed by atoms with Gasteiger partial charge in [0.2, 0.25) is 0 Å². The third-order valence-corrected chi connectivity index (χ3v) is 2.41. The zero-order chi connectivity index (χ0) is 12.7. The standard InChI is InChI=1S/C12H19N3O2.2ClH/c1-14(2)8-4-7-13-10-11-5-3-6-12(9-11)15(16)17;;/h3,5-6,9,13H,4,7-8,10H2,1-2H3;2*1H. The second-order valence-corrected chi connectivity index (χ2v) is 4.26. The molecule has 1 aromatic carbocycles. The molecule has 19 heavy (non-hydrogen) atoms. The first kappa shape index (κ1) is 20.4. The van der Waals surface area contributed by atoms with Crippen molar-refractivity contribution in [2.24, 2.45) is 0 Å². The molecule has 0 spiro atoms. The zero-order valence-corrected chi connectivity index (χ0v) is 12.8. The molecule has 0 aliphatic heterocycles. The summed E-state index contributed by atoms with van der Waals surface area (Å²) >= 11 is 0. The van der Waals surface area contributed by atoms with Gasteiger partial charge in [-0.2, -0.15) is 0 Å². The lowest BCUT2D eigenvalue weighted by Gasteiger charge is -2.09. The van der Waals surface area contributed by atoms with Crippen molar-refractivity contribution in [3.63, 3.8) is 0 Å². The van der Waals surface area contributed by atoms with Crippen LogP contribution in [-0.4, -0.2) is 37.0 Å². The Bertz CT molecular complexity index is 376. The van der Waals surface area contributed by atoms with Gasteiger partial charge in [-0.15, -0.1) is 24.8 Å². The lowest BCUT2D eigenvalue weighted by Crippen LogP contribution is -2.21. The number of nitro benzene ring substituents is 1. The maximum absolute atomic E-state index is 10.6. The summed E-state index contributed by atoms with van der Waals surface area (Å²) in [5.41, 5.74) is 1.10. The van der Waals surface area contributed by atoms with Crippen LogP contribution in [0.1, 0.15) is 12.0 Å². The molecule has 1 rings (SSSR count). The van der Waals surface area contributed by atoms with Gasteiger partial charge < -0.3 is 10.2 Å². The molecule has 0 amide bonds. The minimum Gasteiger partial charge on any atom is -0.313 e. The number of hydrogen-bond acceptors (Lipinski definition) is 4. The molecule has 5 nitrogen and oxygen atoms in total. The van der Waals surface area contributed by atoms with E-state index in [1.807, 2.05) is 20.2 Å². The van der Waals surface area contributed by atoms with Gasteiger partial charge in [0.25, 0.3) is 5.69 Å². The highest BCUT2D eigenvalue weighted by Gasteiger charge is 2.04. The van der Waals surface area contributed by atoms with Crippen molar-refractivity contribution in [3.05, 3.63) is 39.9 Å². The van der Waals surface area contributed by atoms with Crippen LogP contribution in [0.25, 0.3) is 0 Å². The van der Waals surface area contributed by atoms with Crippen LogP contribution in [0.2, 0.25) is 0 Å². The van der Waals surface area contributed by atoms with Crippen molar-refractivity contribution in [2.45, 2.75) is 13.0 Å². The number of nitrogens with one attached hydrogen (secondary N) is 1. The topological polar surface area (TPSA) is 58.4 Å². The van der Waals surface area contributed by atoms with E-state index in [4.69, 9.17) is 0 Å². The van der Waals surface area contributed by atoms with Crippen LogP contribution in [0.15, 0.2) is 24.3 Å². The minimum absolute atomic E-state index is 0. The summed E-state index contributed by atoms with van der Waals surface area (Å²) in [6.45, 7) is 2.64. The number of nitro groups is 1. The predicted octanol–water partition coefficient (Wildman–Crippen LogP) is 2.48. The van der Waals surface area contributed by atoms with Gasteiger partial charge in [0.05, 0.1) is 4.92 Å². The van der Waals surface area contributed by atoms with E-state index in [1.54, 1.807) is 12.1 Å². The van der Waals surface area contributed by atoms with Gasteiger partial charge in [0.1, 0.15) is 0 Å². The van der Waals surface area contributed by atoms with Crippen molar-refractivity contribution in [1.82, 2.24) is 10.2 Å². The van der Waals surface area contributed by atoms with Crippen molar-refractivity contribution < 1.29 is 4.92 Å². The number of hydrogen-bond donors (Lipinski definition) is 1. The van der Waals surface area contributed by atoms with Gasteiger partial charge >= 0.3 is 0 Å². The smallest absolute Gasteiger partial charge is 0.269 e. The number of benzene rings is 1. The third-order valence-electron chi connectivity index (χ3n) is 2.41. The summed E-state index contributed by atoms with van der Waals surface area (Å²) in [7, 11) is 4.08. The molecule has 0 saturated carbocycles. The van der Waals surface area contributed by atoms with E-state index in [9.17, 15) is 10.1 Å². The first-order valence-electron chi connectivity index (χ1n) is 5.68. The van der Waals surface area contributed by atoms with Crippen molar-refractivity contribution >= 4 is 30.5 Å². The average Bonchev–Trinajstić information content (AvgIpc) is 2.28. The van der Waals surface area contributed by atoms with Crippen LogP contribution in [0, 0.1) is 10.1 Å². The number of non-ortho nitro benzene ring substituents is 1. The van der Waals surface area contributed by atoms with Gasteiger partial charge in [-0.3, -0.25) is 10.1 Å². The average molecular weight is 310 g/mol. The van der Waals surface area contributed by atoms with E-state index >= 15 is 0 Å². The van der Waals surface area contributed by atoms with Crippen molar-refractivity contribution in [3.8, 4) is 0 Å². The van der Waals surface area contributed by atoms with Crippen LogP contribution in [-0.2, 0) is 6.54 Å². The molecule has 0 aliphatic rings. The number of halogens is 2. The lowest BCUT2D eigenvalue weighted by atomic mass is 10.2. The Labute approximate surface area is 126 Å². The van der Waals surface area contributed by atoms with Crippen LogP contribution >= 0.6 is 24.8 Å². The molecular weight excluding hydrogens is 289 g/mol. The Kier molecular flexibility index (Phi) is 11.8. The highest BCUT2D eigenvalue weighted by atomic mass is 35.5. The van der Waals surface area contributed by atoms with E-state index in [1.165, 1.54) is 6.07 Å². The molecule has 0 bridgehead atoms. The molecule has 1 N–H and O–H groups in total. The Morgan fingerprint density at radius 1 is 1.32 bits per heavy atom. The van der Waals surface area contributed by atoms with Crippen molar-refractivity contribution in [1.29, 1.82) is 0 Å². The van der Waals surface area contributed by atoms with E-state index in [0.717, 1.165) is 25.1 Å². The second-order valence-electron chi connectivity index (χ2n) is 4.26. The highest BCUT2D eigenvalue weighted by molar-refractivity contribution is 5.85. The molecule has 0 unspecified atom stereocenters.